The molecule has 2 rings (SSSR count). The lowest BCUT2D eigenvalue weighted by atomic mass is 9.69. The molecule has 16 heavy (non-hydrogen) atoms. The second-order valence-electron chi connectivity index (χ2n) is 5.36. The minimum atomic E-state index is -0.679. The summed E-state index contributed by atoms with van der Waals surface area (Å²) in [4.78, 5) is 0. The fourth-order valence-electron chi connectivity index (χ4n) is 2.43. The predicted molar refractivity (Wildman–Crippen MR) is 70.8 cm³/mol. The van der Waals surface area contributed by atoms with Crippen LogP contribution in [-0.2, 0) is 5.60 Å². The van der Waals surface area contributed by atoms with Crippen LogP contribution >= 0.6 is 11.8 Å². The Hall–Kier alpha value is -0.470. The van der Waals surface area contributed by atoms with Crippen LogP contribution in [0.15, 0.2) is 24.3 Å². The number of benzene rings is 1. The van der Waals surface area contributed by atoms with Crippen LogP contribution in [0.25, 0.3) is 0 Å². The zero-order chi connectivity index (χ0) is 11.8. The molecule has 2 heteroatoms. The molecule has 0 radical (unpaired) electrons. The fraction of sp³-hybridized carbons (Fsp3) is 0.571. The molecular weight excluding hydrogens is 216 g/mol. The second-order valence-corrected chi connectivity index (χ2v) is 6.47. The monoisotopic (exact) mass is 236 g/mol. The highest BCUT2D eigenvalue weighted by atomic mass is 32.2. The van der Waals surface area contributed by atoms with Gasteiger partial charge in [0.15, 0.2) is 0 Å². The van der Waals surface area contributed by atoms with Gasteiger partial charge in [-0.3, -0.25) is 0 Å². The van der Waals surface area contributed by atoms with Crippen molar-refractivity contribution in [3.05, 3.63) is 35.4 Å². The largest absolute Gasteiger partial charge is 0.384 e. The molecule has 1 N–H and O–H groups in total. The summed E-state index contributed by atoms with van der Waals surface area (Å²) in [7, 11) is 0. The first-order valence-corrected chi connectivity index (χ1v) is 6.99. The summed E-state index contributed by atoms with van der Waals surface area (Å²) < 4.78 is 0. The number of aryl methyl sites for hydroxylation is 1. The van der Waals surface area contributed by atoms with Crippen molar-refractivity contribution in [1.82, 2.24) is 0 Å². The summed E-state index contributed by atoms with van der Waals surface area (Å²) in [6.45, 7) is 6.45. The van der Waals surface area contributed by atoms with E-state index in [1.165, 1.54) is 5.56 Å². The first-order valence-electron chi connectivity index (χ1n) is 5.84. The number of aliphatic hydroxyl groups is 1. The summed E-state index contributed by atoms with van der Waals surface area (Å²) in [6, 6.07) is 8.21. The summed E-state index contributed by atoms with van der Waals surface area (Å²) in [6.07, 6.45) is 1.07. The zero-order valence-electron chi connectivity index (χ0n) is 10.3. The molecule has 1 fully saturated rings. The molecular formula is C14H20OS. The molecule has 0 bridgehead atoms. The van der Waals surface area contributed by atoms with Crippen molar-refractivity contribution in [1.29, 1.82) is 0 Å². The highest BCUT2D eigenvalue weighted by Gasteiger charge is 2.47. The van der Waals surface area contributed by atoms with Gasteiger partial charge >= 0.3 is 0 Å². The lowest BCUT2D eigenvalue weighted by Crippen LogP contribution is -2.47. The van der Waals surface area contributed by atoms with Gasteiger partial charge in [-0.05, 0) is 35.6 Å². The van der Waals surface area contributed by atoms with Crippen molar-refractivity contribution in [2.24, 2.45) is 5.41 Å². The average molecular weight is 236 g/mol. The molecule has 1 aliphatic heterocycles. The van der Waals surface area contributed by atoms with Crippen LogP contribution in [0.1, 0.15) is 31.4 Å². The van der Waals surface area contributed by atoms with Crippen molar-refractivity contribution in [3.8, 4) is 0 Å². The Balaban J connectivity index is 2.48. The topological polar surface area (TPSA) is 20.2 Å². The smallest absolute Gasteiger partial charge is 0.104 e. The Labute approximate surface area is 102 Å². The fourth-order valence-corrected chi connectivity index (χ4v) is 4.07. The molecule has 1 saturated heterocycles. The maximum absolute atomic E-state index is 11.0. The van der Waals surface area contributed by atoms with Gasteiger partial charge in [0.2, 0.25) is 0 Å². The summed E-state index contributed by atoms with van der Waals surface area (Å²) in [5.74, 6) is 1.96. The molecule has 1 aromatic carbocycles. The van der Waals surface area contributed by atoms with Gasteiger partial charge in [-0.15, -0.1) is 0 Å². The van der Waals surface area contributed by atoms with E-state index in [1.807, 2.05) is 23.9 Å². The maximum Gasteiger partial charge on any atom is 0.104 e. The van der Waals surface area contributed by atoms with Gasteiger partial charge in [-0.1, -0.05) is 38.1 Å². The van der Waals surface area contributed by atoms with E-state index in [4.69, 9.17) is 0 Å². The molecule has 1 nitrogen and oxygen atoms in total. The Morgan fingerprint density at radius 3 is 2.56 bits per heavy atom. The normalized spacial score (nSPS) is 29.0. The number of hydrogen-bond donors (Lipinski definition) is 1. The molecule has 1 unspecified atom stereocenters. The quantitative estimate of drug-likeness (QED) is 0.807. The first-order chi connectivity index (χ1) is 7.47. The molecule has 0 spiro atoms. The van der Waals surface area contributed by atoms with E-state index >= 15 is 0 Å². The molecule has 0 aromatic heterocycles. The van der Waals surface area contributed by atoms with E-state index in [1.54, 1.807) is 0 Å². The average Bonchev–Trinajstić information content (AvgIpc) is 2.23. The Morgan fingerprint density at radius 2 is 1.94 bits per heavy atom. The molecule has 88 valence electrons. The Kier molecular flexibility index (Phi) is 3.06. The highest BCUT2D eigenvalue weighted by Crippen LogP contribution is 2.49. The second kappa shape index (κ2) is 4.08. The van der Waals surface area contributed by atoms with Gasteiger partial charge in [0.1, 0.15) is 5.60 Å². The van der Waals surface area contributed by atoms with Crippen molar-refractivity contribution in [2.75, 3.05) is 11.5 Å². The van der Waals surface area contributed by atoms with Gasteiger partial charge in [0.25, 0.3) is 0 Å². The van der Waals surface area contributed by atoms with Gasteiger partial charge in [-0.2, -0.15) is 11.8 Å². The van der Waals surface area contributed by atoms with E-state index in [0.717, 1.165) is 23.5 Å². The summed E-state index contributed by atoms with van der Waals surface area (Å²) >= 11 is 1.86. The predicted octanol–water partition coefficient (Wildman–Crippen LogP) is 3.35. The van der Waals surface area contributed by atoms with E-state index in [0.29, 0.717) is 0 Å². The number of hydrogen-bond acceptors (Lipinski definition) is 2. The third kappa shape index (κ3) is 1.78. The van der Waals surface area contributed by atoms with E-state index in [9.17, 15) is 5.11 Å². The molecule has 1 heterocycles. The van der Waals surface area contributed by atoms with E-state index in [2.05, 4.69) is 32.9 Å². The lowest BCUT2D eigenvalue weighted by molar-refractivity contribution is -0.0583. The molecule has 0 saturated carbocycles. The third-order valence-corrected chi connectivity index (χ3v) is 5.01. The molecule has 0 amide bonds. The van der Waals surface area contributed by atoms with Crippen LogP contribution in [-0.4, -0.2) is 16.6 Å². The van der Waals surface area contributed by atoms with E-state index in [-0.39, 0.29) is 5.41 Å². The van der Waals surface area contributed by atoms with Crippen molar-refractivity contribution >= 4 is 11.8 Å². The van der Waals surface area contributed by atoms with Gasteiger partial charge < -0.3 is 5.11 Å². The minimum absolute atomic E-state index is 0.0373. The summed E-state index contributed by atoms with van der Waals surface area (Å²) in [5, 5.41) is 11.0. The third-order valence-electron chi connectivity index (χ3n) is 3.89. The molecule has 0 aliphatic carbocycles. The zero-order valence-corrected chi connectivity index (χ0v) is 11.1. The van der Waals surface area contributed by atoms with Gasteiger partial charge in [0.05, 0.1) is 0 Å². The van der Waals surface area contributed by atoms with Crippen LogP contribution in [0.4, 0.5) is 0 Å². The van der Waals surface area contributed by atoms with Crippen LogP contribution in [0.3, 0.4) is 0 Å². The molecule has 1 aliphatic rings. The SMILES string of the molecule is Cc1ccccc1C1(O)CSCCC1(C)C. The van der Waals surface area contributed by atoms with Gasteiger partial charge in [-0.25, -0.2) is 0 Å². The number of thioether (sulfide) groups is 1. The van der Waals surface area contributed by atoms with Crippen LogP contribution < -0.4 is 0 Å². The highest BCUT2D eigenvalue weighted by molar-refractivity contribution is 7.99. The Morgan fingerprint density at radius 1 is 1.25 bits per heavy atom. The Bertz CT molecular complexity index is 386. The lowest BCUT2D eigenvalue weighted by Gasteiger charge is -2.47. The molecule has 1 aromatic rings. The minimum Gasteiger partial charge on any atom is -0.384 e. The van der Waals surface area contributed by atoms with Crippen molar-refractivity contribution < 1.29 is 5.11 Å². The van der Waals surface area contributed by atoms with E-state index < -0.39 is 5.60 Å². The maximum atomic E-state index is 11.0. The number of rotatable bonds is 1. The van der Waals surface area contributed by atoms with Crippen molar-refractivity contribution in [2.45, 2.75) is 32.8 Å². The van der Waals surface area contributed by atoms with Crippen molar-refractivity contribution in [3.63, 3.8) is 0 Å². The molecule has 1 atom stereocenters. The van der Waals surface area contributed by atoms with Crippen LogP contribution in [0.5, 0.6) is 0 Å². The van der Waals surface area contributed by atoms with Gasteiger partial charge in [0, 0.05) is 5.75 Å². The van der Waals surface area contributed by atoms with Crippen LogP contribution in [0.2, 0.25) is 0 Å². The summed E-state index contributed by atoms with van der Waals surface area (Å²) in [5.41, 5.74) is 1.58. The first kappa shape index (κ1) is 12.0. The standard InChI is InChI=1S/C14H20OS/c1-11-6-4-5-7-12(11)14(15)10-16-9-8-13(14,2)3/h4-7,15H,8-10H2,1-3H3. The van der Waals surface area contributed by atoms with Crippen LogP contribution in [0, 0.1) is 12.3 Å².